The number of para-hydroxylation sites is 1. The zero-order chi connectivity index (χ0) is 15.5. The van der Waals surface area contributed by atoms with Gasteiger partial charge in [0.25, 0.3) is 0 Å². The highest BCUT2D eigenvalue weighted by atomic mass is 35.5. The van der Waals surface area contributed by atoms with Crippen molar-refractivity contribution < 1.29 is 9.59 Å². The fraction of sp³-hybridized carbons (Fsp3) is 0.500. The van der Waals surface area contributed by atoms with E-state index in [2.05, 4.69) is 10.6 Å². The van der Waals surface area contributed by atoms with Crippen LogP contribution < -0.4 is 15.5 Å². The second-order valence-electron chi connectivity index (χ2n) is 5.85. The Bertz CT molecular complexity index is 572. The molecule has 0 saturated carbocycles. The molecule has 1 aromatic rings. The molecule has 0 aliphatic carbocycles. The number of hydrogen-bond donors (Lipinski definition) is 2. The highest BCUT2D eigenvalue weighted by Crippen LogP contribution is 2.29. The van der Waals surface area contributed by atoms with Crippen molar-refractivity contribution >= 4 is 29.1 Å². The van der Waals surface area contributed by atoms with Gasteiger partial charge in [-0.25, -0.2) is 0 Å². The Morgan fingerprint density at radius 2 is 2.18 bits per heavy atom. The van der Waals surface area contributed by atoms with Crippen LogP contribution in [0.5, 0.6) is 0 Å². The molecule has 1 aromatic carbocycles. The summed E-state index contributed by atoms with van der Waals surface area (Å²) < 4.78 is 0. The van der Waals surface area contributed by atoms with Gasteiger partial charge in [0.05, 0.1) is 10.7 Å². The zero-order valence-corrected chi connectivity index (χ0v) is 13.1. The van der Waals surface area contributed by atoms with Gasteiger partial charge in [-0.3, -0.25) is 9.59 Å². The van der Waals surface area contributed by atoms with E-state index in [9.17, 15) is 9.59 Å². The van der Waals surface area contributed by atoms with Crippen LogP contribution in [0.15, 0.2) is 24.3 Å². The SMILES string of the molecule is O=C(CC1CCCN1)NC1CCN(c2ccccc2Cl)C1=O. The van der Waals surface area contributed by atoms with Crippen molar-refractivity contribution in [3.8, 4) is 0 Å². The largest absolute Gasteiger partial charge is 0.344 e. The summed E-state index contributed by atoms with van der Waals surface area (Å²) in [7, 11) is 0. The number of nitrogens with one attached hydrogen (secondary N) is 2. The summed E-state index contributed by atoms with van der Waals surface area (Å²) in [5, 5.41) is 6.71. The van der Waals surface area contributed by atoms with E-state index in [1.807, 2.05) is 18.2 Å². The minimum absolute atomic E-state index is 0.0567. The number of carbonyl (C=O) groups is 2. The number of anilines is 1. The molecule has 2 aliphatic heterocycles. The third-order valence-electron chi connectivity index (χ3n) is 4.28. The quantitative estimate of drug-likeness (QED) is 0.887. The molecule has 0 radical (unpaired) electrons. The second-order valence-corrected chi connectivity index (χ2v) is 6.25. The zero-order valence-electron chi connectivity index (χ0n) is 12.3. The molecule has 2 unspecified atom stereocenters. The summed E-state index contributed by atoms with van der Waals surface area (Å²) in [6.45, 7) is 1.55. The van der Waals surface area contributed by atoms with Crippen LogP contribution in [0.2, 0.25) is 5.02 Å². The van der Waals surface area contributed by atoms with Crippen LogP contribution in [0.3, 0.4) is 0 Å². The van der Waals surface area contributed by atoms with Gasteiger partial charge in [0.2, 0.25) is 11.8 Å². The number of halogens is 1. The number of nitrogens with zero attached hydrogens (tertiary/aromatic N) is 1. The molecule has 22 heavy (non-hydrogen) atoms. The Hall–Kier alpha value is -1.59. The van der Waals surface area contributed by atoms with E-state index < -0.39 is 6.04 Å². The first-order valence-electron chi connectivity index (χ1n) is 7.74. The van der Waals surface area contributed by atoms with Gasteiger partial charge in [0.1, 0.15) is 6.04 Å². The highest BCUT2D eigenvalue weighted by Gasteiger charge is 2.34. The Balaban J connectivity index is 1.59. The molecule has 0 spiro atoms. The topological polar surface area (TPSA) is 61.4 Å². The molecule has 2 aliphatic rings. The summed E-state index contributed by atoms with van der Waals surface area (Å²) in [6.07, 6.45) is 3.20. The number of carbonyl (C=O) groups excluding carboxylic acids is 2. The van der Waals surface area contributed by atoms with Crippen molar-refractivity contribution in [3.05, 3.63) is 29.3 Å². The van der Waals surface area contributed by atoms with Crippen molar-refractivity contribution in [1.82, 2.24) is 10.6 Å². The standard InChI is InChI=1S/C16H20ClN3O2/c17-12-5-1-2-6-14(12)20-9-7-13(16(20)22)19-15(21)10-11-4-3-8-18-11/h1-2,5-6,11,13,18H,3-4,7-10H2,(H,19,21). The van der Waals surface area contributed by atoms with Gasteiger partial charge in [-0.15, -0.1) is 0 Å². The molecule has 2 heterocycles. The average molecular weight is 322 g/mol. The third-order valence-corrected chi connectivity index (χ3v) is 4.60. The minimum Gasteiger partial charge on any atom is -0.344 e. The van der Waals surface area contributed by atoms with E-state index in [0.717, 1.165) is 19.4 Å². The maximum atomic E-state index is 12.5. The lowest BCUT2D eigenvalue weighted by atomic mass is 10.1. The van der Waals surface area contributed by atoms with E-state index in [4.69, 9.17) is 11.6 Å². The fourth-order valence-corrected chi connectivity index (χ4v) is 3.37. The van der Waals surface area contributed by atoms with E-state index in [1.165, 1.54) is 0 Å². The lowest BCUT2D eigenvalue weighted by Crippen LogP contribution is -2.43. The summed E-state index contributed by atoms with van der Waals surface area (Å²) in [5.74, 6) is -0.139. The molecular weight excluding hydrogens is 302 g/mol. The molecule has 5 nitrogen and oxygen atoms in total. The van der Waals surface area contributed by atoms with E-state index in [0.29, 0.717) is 30.1 Å². The normalized spacial score (nSPS) is 24.8. The lowest BCUT2D eigenvalue weighted by molar-refractivity contribution is -0.126. The first-order chi connectivity index (χ1) is 10.6. The van der Waals surface area contributed by atoms with Crippen LogP contribution >= 0.6 is 11.6 Å². The summed E-state index contributed by atoms with van der Waals surface area (Å²) >= 11 is 6.15. The summed E-state index contributed by atoms with van der Waals surface area (Å²) in [5.41, 5.74) is 0.711. The highest BCUT2D eigenvalue weighted by molar-refractivity contribution is 6.34. The summed E-state index contributed by atoms with van der Waals surface area (Å²) in [4.78, 5) is 26.2. The van der Waals surface area contributed by atoms with Gasteiger partial charge in [0.15, 0.2) is 0 Å². The molecule has 6 heteroatoms. The van der Waals surface area contributed by atoms with E-state index >= 15 is 0 Å². The van der Waals surface area contributed by atoms with Crippen LogP contribution in [-0.4, -0.2) is 37.0 Å². The maximum Gasteiger partial charge on any atom is 0.249 e. The Morgan fingerprint density at radius 3 is 2.91 bits per heavy atom. The van der Waals surface area contributed by atoms with E-state index in [1.54, 1.807) is 11.0 Å². The number of benzene rings is 1. The smallest absolute Gasteiger partial charge is 0.249 e. The van der Waals surface area contributed by atoms with Crippen LogP contribution in [0.4, 0.5) is 5.69 Å². The maximum absolute atomic E-state index is 12.5. The molecular formula is C16H20ClN3O2. The third kappa shape index (κ3) is 3.25. The van der Waals surface area contributed by atoms with E-state index in [-0.39, 0.29) is 17.9 Å². The molecule has 2 saturated heterocycles. The van der Waals surface area contributed by atoms with Gasteiger partial charge in [0, 0.05) is 19.0 Å². The Labute approximate surface area is 135 Å². The molecule has 3 rings (SSSR count). The predicted molar refractivity (Wildman–Crippen MR) is 86.0 cm³/mol. The molecule has 0 aromatic heterocycles. The van der Waals surface area contributed by atoms with Crippen molar-refractivity contribution in [2.24, 2.45) is 0 Å². The minimum atomic E-state index is -0.440. The molecule has 2 amide bonds. The van der Waals surface area contributed by atoms with Crippen molar-refractivity contribution in [2.45, 2.75) is 37.8 Å². The average Bonchev–Trinajstić information content (AvgIpc) is 3.11. The molecule has 2 fully saturated rings. The first kappa shape index (κ1) is 15.3. The lowest BCUT2D eigenvalue weighted by Gasteiger charge is -2.19. The van der Waals surface area contributed by atoms with Crippen LogP contribution in [0.25, 0.3) is 0 Å². The van der Waals surface area contributed by atoms with Crippen molar-refractivity contribution in [2.75, 3.05) is 18.0 Å². The first-order valence-corrected chi connectivity index (χ1v) is 8.11. The Kier molecular flexibility index (Phi) is 4.64. The molecule has 118 valence electrons. The molecule has 2 atom stereocenters. The fourth-order valence-electron chi connectivity index (χ4n) is 3.13. The van der Waals surface area contributed by atoms with Crippen molar-refractivity contribution in [1.29, 1.82) is 0 Å². The van der Waals surface area contributed by atoms with Crippen LogP contribution in [0, 0.1) is 0 Å². The van der Waals surface area contributed by atoms with Gasteiger partial charge >= 0.3 is 0 Å². The number of hydrogen-bond acceptors (Lipinski definition) is 3. The summed E-state index contributed by atoms with van der Waals surface area (Å²) in [6, 6.07) is 7.09. The Morgan fingerprint density at radius 1 is 1.36 bits per heavy atom. The predicted octanol–water partition coefficient (Wildman–Crippen LogP) is 1.70. The molecule has 0 bridgehead atoms. The van der Waals surface area contributed by atoms with Crippen LogP contribution in [-0.2, 0) is 9.59 Å². The van der Waals surface area contributed by atoms with Gasteiger partial charge < -0.3 is 15.5 Å². The van der Waals surface area contributed by atoms with Crippen LogP contribution in [0.1, 0.15) is 25.7 Å². The second kappa shape index (κ2) is 6.67. The molecule has 2 N–H and O–H groups in total. The van der Waals surface area contributed by atoms with Gasteiger partial charge in [-0.2, -0.15) is 0 Å². The van der Waals surface area contributed by atoms with Crippen molar-refractivity contribution in [3.63, 3.8) is 0 Å². The van der Waals surface area contributed by atoms with Gasteiger partial charge in [-0.05, 0) is 37.9 Å². The van der Waals surface area contributed by atoms with Gasteiger partial charge in [-0.1, -0.05) is 23.7 Å². The number of rotatable bonds is 4. The monoisotopic (exact) mass is 321 g/mol. The number of amides is 2.